The Morgan fingerprint density at radius 3 is 1.41 bits per heavy atom. The molecule has 4 saturated heterocycles. The molecule has 4 spiro atoms. The number of nitrogens with zero attached hydrogens (tertiary/aromatic N) is 4. The Bertz CT molecular complexity index is 3490. The van der Waals surface area contributed by atoms with Gasteiger partial charge in [-0.25, -0.2) is 4.79 Å². The third-order valence-corrected chi connectivity index (χ3v) is 22.8. The number of Topliss-reactive ketones (excluding diaryl/α,β-unsaturated/α-hetero) is 1. The molecular weight excluding hydrogens is 1230 g/mol. The van der Waals surface area contributed by atoms with Gasteiger partial charge in [0.15, 0.2) is 17.3 Å². The van der Waals surface area contributed by atoms with Gasteiger partial charge in [0.2, 0.25) is 17.7 Å². The molecule has 4 heterocycles. The van der Waals surface area contributed by atoms with Crippen molar-refractivity contribution < 1.29 is 52.0 Å². The van der Waals surface area contributed by atoms with Crippen LogP contribution in [-0.4, -0.2) is 154 Å². The van der Waals surface area contributed by atoms with Crippen molar-refractivity contribution in [2.75, 3.05) is 86.8 Å². The predicted octanol–water partition coefficient (Wildman–Crippen LogP) is 14.5. The highest BCUT2D eigenvalue weighted by molar-refractivity contribution is 6.03. The Hall–Kier alpha value is -7.08. The van der Waals surface area contributed by atoms with Crippen molar-refractivity contribution in [1.82, 2.24) is 35.6 Å². The first-order chi connectivity index (χ1) is 46.7. The number of nitrogens with one attached hydrogen (secondary N) is 3. The zero-order valence-electron chi connectivity index (χ0n) is 61.6. The molecule has 1 unspecified atom stereocenters. The minimum atomic E-state index is -0.508. The van der Waals surface area contributed by atoms with E-state index in [1.807, 2.05) is 26.8 Å². The second kappa shape index (κ2) is 32.5. The van der Waals surface area contributed by atoms with E-state index in [1.54, 1.807) is 46.0 Å². The Morgan fingerprint density at radius 2 is 1.00 bits per heavy atom. The van der Waals surface area contributed by atoms with E-state index < -0.39 is 5.60 Å². The van der Waals surface area contributed by atoms with Gasteiger partial charge in [-0.1, -0.05) is 98.3 Å². The van der Waals surface area contributed by atoms with Gasteiger partial charge in [-0.05, 0) is 228 Å². The highest BCUT2D eigenvalue weighted by Crippen LogP contribution is 2.54. The first-order valence-electron chi connectivity index (χ1n) is 36.4. The second-order valence-corrected chi connectivity index (χ2v) is 31.0. The van der Waals surface area contributed by atoms with Crippen LogP contribution in [-0.2, 0) is 50.3 Å². The number of fused-ring (bicyclic) bond motifs is 8. The van der Waals surface area contributed by atoms with Crippen LogP contribution in [0.5, 0.6) is 11.5 Å². The van der Waals surface area contributed by atoms with Gasteiger partial charge in [0.1, 0.15) is 5.60 Å². The van der Waals surface area contributed by atoms with Crippen molar-refractivity contribution in [3.8, 4) is 11.5 Å². The number of carbonyl (C=O) groups excluding carboxylic acids is 6. The van der Waals surface area contributed by atoms with Crippen molar-refractivity contribution in [2.45, 2.75) is 224 Å². The normalized spacial score (nSPS) is 22.0. The topological polar surface area (TPSA) is 188 Å². The molecule has 540 valence electrons. The molecule has 0 radical (unpaired) electrons. The fraction of sp³-hybridized carbons (Fsp3) is 0.605. The maximum atomic E-state index is 12.6. The fourth-order valence-electron chi connectivity index (χ4n) is 17.7. The van der Waals surface area contributed by atoms with Crippen molar-refractivity contribution in [1.29, 1.82) is 0 Å². The number of hydrogen-bond acceptors (Lipinski definition) is 13. The van der Waals surface area contributed by atoms with Crippen LogP contribution in [0.4, 0.5) is 4.79 Å². The molecule has 4 aromatic carbocycles. The monoisotopic (exact) mass is 1350 g/mol. The summed E-state index contributed by atoms with van der Waals surface area (Å²) in [7, 11) is 4.60. The van der Waals surface area contributed by atoms with Gasteiger partial charge in [0.05, 0.1) is 39.5 Å². The smallest absolute Gasteiger partial charge is 0.410 e. The van der Waals surface area contributed by atoms with Gasteiger partial charge in [-0.15, -0.1) is 0 Å². The molecule has 4 fully saturated rings. The molecule has 17 heteroatoms. The number of methoxy groups -OCH3 is 3. The summed E-state index contributed by atoms with van der Waals surface area (Å²) in [4.78, 5) is 80.3. The average molecular weight is 1350 g/mol. The van der Waals surface area contributed by atoms with E-state index in [9.17, 15) is 28.8 Å². The number of carbonyl (C=O) groups is 6. The number of esters is 1. The standard InChI is InChI=1S/C21H32N2O.C20H28N2O3.C20H28N2O.C20H27NO5.3H2/c1-15(2)13-16(3)23-11-9-21(10-12-23)14-20(22-17(4)24)18-7-5-6-8-19(18)21;1-15(23)21-18-14-20(17-7-4-3-6-16(17)18)9-12-22(13-10-20)11-5-8-19(24)25-2;1-4-15(2)14-22-11-9-20(10-12-22)13-19(21-16(3)23)17-7-5-6-8-18(17)20;1-19(2,3)26-18(23)21-8-6-20(7-9-21)12-15(22)13-10-16(24-4)17(25-5)11-14(13)20;;;/h5-8,15-16,20H,9-14H2,1-4H3,(H,22,24);3-4,6-7,18H,5,8-14H2,1-2H3,(H,21,23);4-8,19H,9-14H2,1-3H3,(H,21,23);10-11H,6-9,12H2,1-5H3;3*1H/b;;15-4+;;;;/t16?,20-;18-;19-;;;;/m000..../s1. The van der Waals surface area contributed by atoms with Gasteiger partial charge in [0.25, 0.3) is 0 Å². The quantitative estimate of drug-likeness (QED) is 0.0800. The third kappa shape index (κ3) is 17.7. The zero-order valence-corrected chi connectivity index (χ0v) is 61.6. The molecule has 98 heavy (non-hydrogen) atoms. The van der Waals surface area contributed by atoms with Crippen LogP contribution in [0.25, 0.3) is 0 Å². The molecule has 12 rings (SSSR count). The maximum Gasteiger partial charge on any atom is 0.410 e. The van der Waals surface area contributed by atoms with Crippen LogP contribution in [0.2, 0.25) is 0 Å². The highest BCUT2D eigenvalue weighted by Gasteiger charge is 2.50. The van der Waals surface area contributed by atoms with E-state index in [2.05, 4.69) is 144 Å². The van der Waals surface area contributed by atoms with Crippen molar-refractivity contribution in [3.05, 3.63) is 141 Å². The van der Waals surface area contributed by atoms with E-state index >= 15 is 0 Å². The zero-order chi connectivity index (χ0) is 70.7. The molecule has 0 aromatic heterocycles. The van der Waals surface area contributed by atoms with Gasteiger partial charge in [-0.2, -0.15) is 0 Å². The van der Waals surface area contributed by atoms with Gasteiger partial charge in [0, 0.05) is 90.8 Å². The molecule has 0 bridgehead atoms. The number of likely N-dealkylation sites (tertiary alicyclic amines) is 4. The van der Waals surface area contributed by atoms with E-state index in [0.29, 0.717) is 49.0 Å². The van der Waals surface area contributed by atoms with Crippen LogP contribution in [0, 0.1) is 5.92 Å². The summed E-state index contributed by atoms with van der Waals surface area (Å²) < 4.78 is 20.9. The molecule has 3 N–H and O–H groups in total. The lowest BCUT2D eigenvalue weighted by Crippen LogP contribution is -2.46. The molecule has 4 aromatic rings. The Morgan fingerprint density at radius 1 is 0.582 bits per heavy atom. The van der Waals surface area contributed by atoms with Gasteiger partial charge in [-0.3, -0.25) is 28.9 Å². The minimum Gasteiger partial charge on any atom is -0.493 e. The summed E-state index contributed by atoms with van der Waals surface area (Å²) in [5, 5.41) is 9.47. The number of piperidine rings is 4. The molecule has 4 aliphatic heterocycles. The largest absolute Gasteiger partial charge is 0.493 e. The Kier molecular flexibility index (Phi) is 24.9. The predicted molar refractivity (Wildman–Crippen MR) is 393 cm³/mol. The molecule has 4 amide bonds. The number of benzene rings is 4. The number of allylic oxidation sites excluding steroid dienone is 1. The first-order valence-corrected chi connectivity index (χ1v) is 36.4. The van der Waals surface area contributed by atoms with E-state index in [1.165, 1.54) is 91.3 Å². The lowest BCUT2D eigenvalue weighted by atomic mass is 9.73. The number of ketones is 1. The lowest BCUT2D eigenvalue weighted by molar-refractivity contribution is -0.140. The van der Waals surface area contributed by atoms with Crippen LogP contribution in [0.15, 0.2) is 96.6 Å². The second-order valence-electron chi connectivity index (χ2n) is 31.0. The van der Waals surface area contributed by atoms with E-state index in [4.69, 9.17) is 18.9 Å². The van der Waals surface area contributed by atoms with Crippen molar-refractivity contribution in [2.24, 2.45) is 5.92 Å². The Labute approximate surface area is 589 Å². The minimum absolute atomic E-state index is 0. The summed E-state index contributed by atoms with van der Waals surface area (Å²) in [6, 6.07) is 31.0. The average Bonchev–Trinajstić information content (AvgIpc) is 1.63. The van der Waals surface area contributed by atoms with Crippen LogP contribution >= 0.6 is 0 Å². The summed E-state index contributed by atoms with van der Waals surface area (Å²) >= 11 is 0. The molecule has 0 saturated carbocycles. The van der Waals surface area contributed by atoms with Crippen LogP contribution in [0.1, 0.15) is 244 Å². The molecule has 4 aliphatic carbocycles. The molecule has 8 aliphatic rings. The number of rotatable bonds is 14. The number of ether oxygens (including phenoxy) is 4. The van der Waals surface area contributed by atoms with Crippen LogP contribution in [0.3, 0.4) is 0 Å². The lowest BCUT2D eigenvalue weighted by Gasteiger charge is -2.43. The Balaban J connectivity index is 0.000000210. The summed E-state index contributed by atoms with van der Waals surface area (Å²) in [6.45, 7) is 31.7. The SMILES string of the molecule is C/C=C(\C)CN1CCC2(CC1)C[C@H](NC(C)=O)c1ccccc12.CC(=O)N[C@H]1CC2(CCN(C(C)CC(C)C)CC2)c2ccccc21.COC(=O)CCCN1CCC2(CC1)C[C@H](NC(C)=O)c1ccccc12.COc1cc2c(cc1OC)C1(CCN(C(=O)OC(C)(C)C)CC1)CC2=O.[HH].[HH].[HH]. The van der Waals surface area contributed by atoms with Gasteiger partial charge >= 0.3 is 12.1 Å². The fourth-order valence-corrected chi connectivity index (χ4v) is 17.7. The number of amides is 4. The first kappa shape index (κ1) is 75.1. The molecule has 4 atom stereocenters. The molecule has 17 nitrogen and oxygen atoms in total. The van der Waals surface area contributed by atoms with Gasteiger partial charge < -0.3 is 49.6 Å². The third-order valence-electron chi connectivity index (χ3n) is 22.8. The van der Waals surface area contributed by atoms with Crippen molar-refractivity contribution in [3.63, 3.8) is 0 Å². The molecular formula is C81H121N7O10. The number of hydrogen-bond donors (Lipinski definition) is 3. The van der Waals surface area contributed by atoms with E-state index in [-0.39, 0.29) is 79.6 Å². The maximum absolute atomic E-state index is 12.6. The highest BCUT2D eigenvalue weighted by atomic mass is 16.6. The summed E-state index contributed by atoms with van der Waals surface area (Å²) in [6.07, 6.45) is 16.6. The van der Waals surface area contributed by atoms with E-state index in [0.717, 1.165) is 102 Å². The summed E-state index contributed by atoms with van der Waals surface area (Å²) in [5.74, 6) is 2.16. The van der Waals surface area contributed by atoms with Crippen LogP contribution < -0.4 is 25.4 Å². The van der Waals surface area contributed by atoms with Crippen molar-refractivity contribution >= 4 is 35.6 Å². The summed E-state index contributed by atoms with van der Waals surface area (Å²) in [5.41, 5.74) is 11.5.